The Hall–Kier alpha value is -2.64. The lowest BCUT2D eigenvalue weighted by Gasteiger charge is -2.20. The Bertz CT molecular complexity index is 766. The summed E-state index contributed by atoms with van der Waals surface area (Å²) in [4.78, 5) is 12.3. The molecule has 1 amide bonds. The molecule has 2 heterocycles. The van der Waals surface area contributed by atoms with E-state index in [9.17, 15) is 9.18 Å². The standard InChI is InChI=1S/C17H16FN3O3/c18-12-4-1-10(2-5-12)17(22)20-16-13(8-19-21-16)11-3-6-14-15(7-11)24-9-23-14/h1-7,13,16,19,21H,8-9H2,(H,20,22). The van der Waals surface area contributed by atoms with Crippen molar-refractivity contribution in [2.75, 3.05) is 13.3 Å². The summed E-state index contributed by atoms with van der Waals surface area (Å²) in [5, 5.41) is 2.92. The molecule has 0 spiro atoms. The number of hydrazine groups is 1. The van der Waals surface area contributed by atoms with Crippen molar-refractivity contribution in [3.63, 3.8) is 0 Å². The molecule has 4 rings (SSSR count). The van der Waals surface area contributed by atoms with Crippen LogP contribution in [-0.2, 0) is 0 Å². The Labute approximate surface area is 137 Å². The van der Waals surface area contributed by atoms with Gasteiger partial charge in [-0.2, -0.15) is 0 Å². The Balaban J connectivity index is 1.50. The Morgan fingerprint density at radius 3 is 2.75 bits per heavy atom. The van der Waals surface area contributed by atoms with E-state index >= 15 is 0 Å². The van der Waals surface area contributed by atoms with Gasteiger partial charge < -0.3 is 14.8 Å². The van der Waals surface area contributed by atoms with Gasteiger partial charge in [-0.15, -0.1) is 0 Å². The van der Waals surface area contributed by atoms with Gasteiger partial charge in [0, 0.05) is 18.0 Å². The van der Waals surface area contributed by atoms with Crippen molar-refractivity contribution in [3.8, 4) is 11.5 Å². The minimum atomic E-state index is -0.370. The second-order valence-electron chi connectivity index (χ2n) is 5.70. The lowest BCUT2D eigenvalue weighted by Crippen LogP contribution is -2.46. The zero-order valence-electron chi connectivity index (χ0n) is 12.7. The van der Waals surface area contributed by atoms with E-state index < -0.39 is 0 Å². The topological polar surface area (TPSA) is 71.6 Å². The largest absolute Gasteiger partial charge is 0.454 e. The Morgan fingerprint density at radius 1 is 1.12 bits per heavy atom. The molecule has 0 radical (unpaired) electrons. The first-order valence-electron chi connectivity index (χ1n) is 7.65. The third kappa shape index (κ3) is 2.79. The third-order valence-electron chi connectivity index (χ3n) is 4.20. The second-order valence-corrected chi connectivity index (χ2v) is 5.70. The molecular formula is C17H16FN3O3. The van der Waals surface area contributed by atoms with E-state index in [2.05, 4.69) is 16.2 Å². The third-order valence-corrected chi connectivity index (χ3v) is 4.20. The van der Waals surface area contributed by atoms with Crippen molar-refractivity contribution >= 4 is 5.91 Å². The minimum absolute atomic E-state index is 0.0314. The van der Waals surface area contributed by atoms with E-state index in [-0.39, 0.29) is 30.6 Å². The van der Waals surface area contributed by atoms with Crippen LogP contribution in [0.4, 0.5) is 4.39 Å². The van der Waals surface area contributed by atoms with Gasteiger partial charge in [0.2, 0.25) is 6.79 Å². The summed E-state index contributed by atoms with van der Waals surface area (Å²) in [5.41, 5.74) is 7.56. The number of nitrogens with one attached hydrogen (secondary N) is 3. The van der Waals surface area contributed by atoms with E-state index in [4.69, 9.17) is 9.47 Å². The molecule has 2 aromatic carbocycles. The number of amides is 1. The van der Waals surface area contributed by atoms with E-state index in [0.717, 1.165) is 11.3 Å². The maximum atomic E-state index is 13.0. The number of hydrogen-bond donors (Lipinski definition) is 3. The molecule has 7 heteroatoms. The molecular weight excluding hydrogens is 313 g/mol. The summed E-state index contributed by atoms with van der Waals surface area (Å²) in [6, 6.07) is 11.2. The van der Waals surface area contributed by atoms with Crippen LogP contribution in [0.25, 0.3) is 0 Å². The lowest BCUT2D eigenvalue weighted by molar-refractivity contribution is 0.0929. The van der Waals surface area contributed by atoms with Gasteiger partial charge in [0.15, 0.2) is 11.5 Å². The number of carbonyl (C=O) groups excluding carboxylic acids is 1. The maximum Gasteiger partial charge on any atom is 0.252 e. The van der Waals surface area contributed by atoms with Crippen LogP contribution in [0.2, 0.25) is 0 Å². The summed E-state index contributed by atoms with van der Waals surface area (Å²) in [7, 11) is 0. The van der Waals surface area contributed by atoms with E-state index in [1.807, 2.05) is 18.2 Å². The first-order valence-corrected chi connectivity index (χ1v) is 7.65. The molecule has 0 aliphatic carbocycles. The highest BCUT2D eigenvalue weighted by Crippen LogP contribution is 2.35. The highest BCUT2D eigenvalue weighted by molar-refractivity contribution is 5.94. The molecule has 2 unspecified atom stereocenters. The molecule has 0 aromatic heterocycles. The fraction of sp³-hybridized carbons (Fsp3) is 0.235. The van der Waals surface area contributed by atoms with Crippen molar-refractivity contribution in [1.82, 2.24) is 16.2 Å². The number of hydrogen-bond acceptors (Lipinski definition) is 5. The van der Waals surface area contributed by atoms with Gasteiger partial charge in [0.05, 0.1) is 0 Å². The molecule has 2 aliphatic heterocycles. The van der Waals surface area contributed by atoms with Crippen molar-refractivity contribution < 1.29 is 18.7 Å². The van der Waals surface area contributed by atoms with Crippen LogP contribution in [0.5, 0.6) is 11.5 Å². The van der Waals surface area contributed by atoms with Crippen molar-refractivity contribution in [2.24, 2.45) is 0 Å². The highest BCUT2D eigenvalue weighted by Gasteiger charge is 2.31. The number of benzene rings is 2. The van der Waals surface area contributed by atoms with Crippen LogP contribution < -0.4 is 25.6 Å². The number of carbonyl (C=O) groups is 1. The van der Waals surface area contributed by atoms with Gasteiger partial charge in [0.1, 0.15) is 12.0 Å². The summed E-state index contributed by atoms with van der Waals surface area (Å²) >= 11 is 0. The predicted octanol–water partition coefficient (Wildman–Crippen LogP) is 1.50. The molecule has 1 fully saturated rings. The first-order chi connectivity index (χ1) is 11.7. The molecule has 124 valence electrons. The van der Waals surface area contributed by atoms with Gasteiger partial charge in [-0.1, -0.05) is 6.07 Å². The smallest absolute Gasteiger partial charge is 0.252 e. The number of halogens is 1. The van der Waals surface area contributed by atoms with Crippen LogP contribution in [0, 0.1) is 5.82 Å². The van der Waals surface area contributed by atoms with Crippen LogP contribution >= 0.6 is 0 Å². The summed E-state index contributed by atoms with van der Waals surface area (Å²) in [6.45, 7) is 0.888. The fourth-order valence-electron chi connectivity index (χ4n) is 2.91. The normalized spacial score (nSPS) is 21.7. The second kappa shape index (κ2) is 6.10. The zero-order chi connectivity index (χ0) is 16.5. The molecule has 3 N–H and O–H groups in total. The number of fused-ring (bicyclic) bond motifs is 1. The molecule has 2 aliphatic rings. The average Bonchev–Trinajstić information content (AvgIpc) is 3.23. The van der Waals surface area contributed by atoms with Crippen molar-refractivity contribution in [2.45, 2.75) is 12.1 Å². The molecule has 2 aromatic rings. The van der Waals surface area contributed by atoms with Crippen molar-refractivity contribution in [1.29, 1.82) is 0 Å². The minimum Gasteiger partial charge on any atom is -0.454 e. The van der Waals surface area contributed by atoms with E-state index in [1.54, 1.807) is 0 Å². The first kappa shape index (κ1) is 14.9. The van der Waals surface area contributed by atoms with Crippen LogP contribution in [-0.4, -0.2) is 25.4 Å². The summed E-state index contributed by atoms with van der Waals surface area (Å²) in [5.74, 6) is 0.837. The molecule has 2 atom stereocenters. The molecule has 0 bridgehead atoms. The maximum absolute atomic E-state index is 13.0. The molecule has 0 saturated carbocycles. The van der Waals surface area contributed by atoms with Gasteiger partial charge >= 0.3 is 0 Å². The lowest BCUT2D eigenvalue weighted by atomic mass is 9.96. The average molecular weight is 329 g/mol. The van der Waals surface area contributed by atoms with Gasteiger partial charge in [-0.05, 0) is 42.0 Å². The van der Waals surface area contributed by atoms with E-state index in [0.29, 0.717) is 17.9 Å². The summed E-state index contributed by atoms with van der Waals surface area (Å²) < 4.78 is 23.7. The van der Waals surface area contributed by atoms with E-state index in [1.165, 1.54) is 24.3 Å². The van der Waals surface area contributed by atoms with Gasteiger partial charge in [0.25, 0.3) is 5.91 Å². The Morgan fingerprint density at radius 2 is 1.92 bits per heavy atom. The van der Waals surface area contributed by atoms with Crippen molar-refractivity contribution in [3.05, 3.63) is 59.4 Å². The Kier molecular flexibility index (Phi) is 3.79. The molecule has 24 heavy (non-hydrogen) atoms. The molecule has 1 saturated heterocycles. The zero-order valence-corrected chi connectivity index (χ0v) is 12.7. The SMILES string of the molecule is O=C(NC1NNCC1c1ccc2c(c1)OCO2)c1ccc(F)cc1. The monoisotopic (exact) mass is 329 g/mol. The number of rotatable bonds is 3. The predicted molar refractivity (Wildman–Crippen MR) is 84.1 cm³/mol. The highest BCUT2D eigenvalue weighted by atomic mass is 19.1. The van der Waals surface area contributed by atoms with Gasteiger partial charge in [-0.3, -0.25) is 10.2 Å². The molecule has 6 nitrogen and oxygen atoms in total. The summed E-state index contributed by atoms with van der Waals surface area (Å²) in [6.07, 6.45) is -0.289. The van der Waals surface area contributed by atoms with Gasteiger partial charge in [-0.25, -0.2) is 9.82 Å². The quantitative estimate of drug-likeness (QED) is 0.796. The van der Waals surface area contributed by atoms with Crippen LogP contribution in [0.1, 0.15) is 21.8 Å². The number of ether oxygens (including phenoxy) is 2. The van der Waals surface area contributed by atoms with Crippen LogP contribution in [0.3, 0.4) is 0 Å². The van der Waals surface area contributed by atoms with Crippen LogP contribution in [0.15, 0.2) is 42.5 Å². The fourth-order valence-corrected chi connectivity index (χ4v) is 2.91.